The zero-order valence-corrected chi connectivity index (χ0v) is 15.3. The van der Waals surface area contributed by atoms with Gasteiger partial charge in [0.25, 0.3) is 0 Å². The van der Waals surface area contributed by atoms with Crippen molar-refractivity contribution < 1.29 is 18.3 Å². The molecule has 26 heavy (non-hydrogen) atoms. The van der Waals surface area contributed by atoms with Crippen molar-refractivity contribution in [3.63, 3.8) is 0 Å². The first-order valence-electron chi connectivity index (χ1n) is 7.53. The van der Waals surface area contributed by atoms with E-state index in [2.05, 4.69) is 10.3 Å². The van der Waals surface area contributed by atoms with Crippen LogP contribution in [0.1, 0.15) is 0 Å². The van der Waals surface area contributed by atoms with Crippen LogP contribution < -0.4 is 10.1 Å². The minimum atomic E-state index is -0.931. The summed E-state index contributed by atoms with van der Waals surface area (Å²) >= 11 is 2.44. The van der Waals surface area contributed by atoms with Gasteiger partial charge in [0.2, 0.25) is 5.91 Å². The molecule has 1 N–H and O–H groups in total. The van der Waals surface area contributed by atoms with E-state index in [0.29, 0.717) is 10.0 Å². The highest BCUT2D eigenvalue weighted by atomic mass is 32.2. The smallest absolute Gasteiger partial charge is 0.236 e. The van der Waals surface area contributed by atoms with Gasteiger partial charge in [0.15, 0.2) is 16.8 Å². The van der Waals surface area contributed by atoms with E-state index >= 15 is 0 Å². The Bertz CT molecular complexity index is 914. The maximum Gasteiger partial charge on any atom is 0.236 e. The first kappa shape index (κ1) is 18.3. The molecule has 0 aliphatic heterocycles. The van der Waals surface area contributed by atoms with Crippen LogP contribution in [0, 0.1) is 11.6 Å². The van der Waals surface area contributed by atoms with Crippen molar-refractivity contribution >= 4 is 34.1 Å². The third-order valence-corrected chi connectivity index (χ3v) is 5.15. The highest BCUT2D eigenvalue weighted by molar-refractivity contribution is 8.00. The fourth-order valence-corrected chi connectivity index (χ4v) is 3.55. The summed E-state index contributed by atoms with van der Waals surface area (Å²) in [5.74, 6) is -1.28. The van der Waals surface area contributed by atoms with Crippen LogP contribution in [-0.4, -0.2) is 23.8 Å². The van der Waals surface area contributed by atoms with E-state index in [1.54, 1.807) is 7.11 Å². The monoisotopic (exact) mass is 392 g/mol. The van der Waals surface area contributed by atoms with Gasteiger partial charge in [-0.2, -0.15) is 0 Å². The second-order valence-corrected chi connectivity index (χ2v) is 7.09. The van der Waals surface area contributed by atoms with E-state index in [-0.39, 0.29) is 11.7 Å². The van der Waals surface area contributed by atoms with Crippen LogP contribution in [0.2, 0.25) is 0 Å². The van der Waals surface area contributed by atoms with Crippen molar-refractivity contribution in [1.82, 2.24) is 4.98 Å². The summed E-state index contributed by atoms with van der Waals surface area (Å²) in [5, 5.41) is 5.03. The zero-order chi connectivity index (χ0) is 18.5. The Hall–Kier alpha value is -2.45. The largest absolute Gasteiger partial charge is 0.497 e. The van der Waals surface area contributed by atoms with Crippen molar-refractivity contribution in [1.29, 1.82) is 0 Å². The van der Waals surface area contributed by atoms with Gasteiger partial charge in [-0.1, -0.05) is 0 Å². The molecule has 0 fully saturated rings. The molecule has 0 spiro atoms. The van der Waals surface area contributed by atoms with Crippen molar-refractivity contribution in [3.8, 4) is 17.0 Å². The molecule has 0 saturated carbocycles. The first-order chi connectivity index (χ1) is 12.5. The maximum absolute atomic E-state index is 13.2. The fourth-order valence-electron chi connectivity index (χ4n) is 2.10. The molecule has 0 unspecified atom stereocenters. The van der Waals surface area contributed by atoms with Crippen molar-refractivity contribution in [2.75, 3.05) is 18.2 Å². The number of hydrogen-bond acceptors (Lipinski definition) is 5. The molecular formula is C18H14F2N2O2S2. The van der Waals surface area contributed by atoms with Crippen LogP contribution in [0.25, 0.3) is 11.3 Å². The summed E-state index contributed by atoms with van der Waals surface area (Å²) in [6.45, 7) is 0. The van der Waals surface area contributed by atoms with Crippen LogP contribution in [0.15, 0.2) is 52.7 Å². The third kappa shape index (κ3) is 4.59. The fraction of sp³-hybridized carbons (Fsp3) is 0.111. The van der Waals surface area contributed by atoms with Crippen molar-refractivity contribution in [3.05, 3.63) is 59.5 Å². The van der Waals surface area contributed by atoms with E-state index in [4.69, 9.17) is 4.74 Å². The van der Waals surface area contributed by atoms with Gasteiger partial charge in [0, 0.05) is 15.8 Å². The molecule has 0 bridgehead atoms. The van der Waals surface area contributed by atoms with Crippen molar-refractivity contribution in [2.45, 2.75) is 4.90 Å². The molecule has 8 heteroatoms. The number of aromatic nitrogens is 1. The summed E-state index contributed by atoms with van der Waals surface area (Å²) in [7, 11) is 1.60. The number of hydrogen-bond donors (Lipinski definition) is 1. The normalized spacial score (nSPS) is 10.6. The number of anilines is 1. The summed E-state index contributed by atoms with van der Waals surface area (Å²) < 4.78 is 31.2. The Morgan fingerprint density at radius 1 is 1.19 bits per heavy atom. The molecule has 3 aromatic rings. The van der Waals surface area contributed by atoms with Crippen LogP contribution in [0.3, 0.4) is 0 Å². The number of benzene rings is 2. The standard InChI is InChI=1S/C18H14F2N2O2S2/c1-24-12-4-2-11(3-5-12)16-9-26-18(21-16)22-17(23)10-25-13-6-7-14(19)15(20)8-13/h2-9H,10H2,1H3,(H,21,22,23). The number of amides is 1. The van der Waals surface area contributed by atoms with Crippen LogP contribution in [0.5, 0.6) is 5.75 Å². The zero-order valence-electron chi connectivity index (χ0n) is 13.7. The van der Waals surface area contributed by atoms with E-state index in [9.17, 15) is 13.6 Å². The predicted octanol–water partition coefficient (Wildman–Crippen LogP) is 4.83. The van der Waals surface area contributed by atoms with Crippen molar-refractivity contribution in [2.24, 2.45) is 0 Å². The number of rotatable bonds is 6. The molecule has 1 aromatic heterocycles. The number of thioether (sulfide) groups is 1. The lowest BCUT2D eigenvalue weighted by Crippen LogP contribution is -2.13. The van der Waals surface area contributed by atoms with Crippen LogP contribution in [-0.2, 0) is 4.79 Å². The van der Waals surface area contributed by atoms with E-state index in [0.717, 1.165) is 40.9 Å². The second kappa shape index (κ2) is 8.29. The Kier molecular flexibility index (Phi) is 5.85. The lowest BCUT2D eigenvalue weighted by atomic mass is 10.2. The lowest BCUT2D eigenvalue weighted by Gasteiger charge is -2.03. The van der Waals surface area contributed by atoms with Gasteiger partial charge >= 0.3 is 0 Å². The molecule has 1 heterocycles. The van der Waals surface area contributed by atoms with E-state index in [1.807, 2.05) is 29.6 Å². The van der Waals surface area contributed by atoms with Gasteiger partial charge in [-0.15, -0.1) is 23.1 Å². The minimum absolute atomic E-state index is 0.0719. The van der Waals surface area contributed by atoms with Crippen LogP contribution in [0.4, 0.5) is 13.9 Å². The lowest BCUT2D eigenvalue weighted by molar-refractivity contribution is -0.113. The van der Waals surface area contributed by atoms with Gasteiger partial charge in [0.05, 0.1) is 18.6 Å². The molecular weight excluding hydrogens is 378 g/mol. The molecule has 0 atom stereocenters. The SMILES string of the molecule is COc1ccc(-c2csc(NC(=O)CSc3ccc(F)c(F)c3)n2)cc1. The highest BCUT2D eigenvalue weighted by Crippen LogP contribution is 2.27. The van der Waals surface area contributed by atoms with Gasteiger partial charge in [-0.05, 0) is 42.5 Å². The number of halogens is 2. The Labute approximate surface area is 157 Å². The highest BCUT2D eigenvalue weighted by Gasteiger charge is 2.10. The third-order valence-electron chi connectivity index (χ3n) is 3.40. The molecule has 1 amide bonds. The summed E-state index contributed by atoms with van der Waals surface area (Å²) in [6, 6.07) is 11.0. The first-order valence-corrected chi connectivity index (χ1v) is 9.39. The average Bonchev–Trinajstić information content (AvgIpc) is 3.11. The summed E-state index contributed by atoms with van der Waals surface area (Å²) in [6.07, 6.45) is 0. The quantitative estimate of drug-likeness (QED) is 0.611. The molecule has 0 aliphatic carbocycles. The number of carbonyl (C=O) groups excluding carboxylic acids is 1. The second-order valence-electron chi connectivity index (χ2n) is 5.18. The maximum atomic E-state index is 13.2. The number of nitrogens with zero attached hydrogens (tertiary/aromatic N) is 1. The number of thiazole rings is 1. The molecule has 4 nitrogen and oxygen atoms in total. The van der Waals surface area contributed by atoms with Gasteiger partial charge in [-0.3, -0.25) is 4.79 Å². The molecule has 134 valence electrons. The van der Waals surface area contributed by atoms with E-state index < -0.39 is 11.6 Å². The Balaban J connectivity index is 1.57. The Morgan fingerprint density at radius 3 is 2.65 bits per heavy atom. The Morgan fingerprint density at radius 2 is 1.96 bits per heavy atom. The van der Waals surface area contributed by atoms with Gasteiger partial charge in [0.1, 0.15) is 5.75 Å². The topological polar surface area (TPSA) is 51.2 Å². The number of nitrogens with one attached hydrogen (secondary N) is 1. The summed E-state index contributed by atoms with van der Waals surface area (Å²) in [4.78, 5) is 16.9. The van der Waals surface area contributed by atoms with Gasteiger partial charge in [-0.25, -0.2) is 13.8 Å². The predicted molar refractivity (Wildman–Crippen MR) is 99.8 cm³/mol. The van der Waals surface area contributed by atoms with Gasteiger partial charge < -0.3 is 10.1 Å². The molecule has 0 radical (unpaired) electrons. The molecule has 0 aliphatic rings. The van der Waals surface area contributed by atoms with E-state index in [1.165, 1.54) is 17.4 Å². The molecule has 2 aromatic carbocycles. The number of ether oxygens (including phenoxy) is 1. The van der Waals surface area contributed by atoms with Crippen LogP contribution >= 0.6 is 23.1 Å². The molecule has 3 rings (SSSR count). The number of carbonyl (C=O) groups is 1. The summed E-state index contributed by atoms with van der Waals surface area (Å²) in [5.41, 5.74) is 1.67. The minimum Gasteiger partial charge on any atom is -0.497 e. The molecule has 0 saturated heterocycles. The average molecular weight is 392 g/mol. The number of methoxy groups -OCH3 is 1.